The van der Waals surface area contributed by atoms with Gasteiger partial charge in [0.25, 0.3) is 5.56 Å². The fraction of sp³-hybridized carbons (Fsp3) is 0.632. The SMILES string of the molecule is Nc1nc2c(ncn2COC(CC2CCC2(N)C(=O)O)CC2CCC2(N)C(=O)O)c(=O)[nH]1. The van der Waals surface area contributed by atoms with Crippen molar-refractivity contribution in [2.75, 3.05) is 5.73 Å². The molecule has 2 saturated carbocycles. The normalized spacial score (nSPS) is 30.4. The standard InChI is InChI=1S/C19H27N7O6/c20-17-24-13-12(14(27)25-17)23-7-26(13)8-32-11(5-9-1-3-18(9,21)15(28)29)6-10-2-4-19(10,22)16(30)31/h7,9-11H,1-6,8,21-22H2,(H,28,29)(H,30,31)(H3,20,24,25,27). The Balaban J connectivity index is 1.52. The van der Waals surface area contributed by atoms with Crippen LogP contribution in [0.5, 0.6) is 0 Å². The van der Waals surface area contributed by atoms with Crippen molar-refractivity contribution in [1.82, 2.24) is 19.5 Å². The van der Waals surface area contributed by atoms with E-state index in [9.17, 15) is 24.6 Å². The van der Waals surface area contributed by atoms with E-state index in [1.165, 1.54) is 10.9 Å². The van der Waals surface area contributed by atoms with Crippen molar-refractivity contribution >= 4 is 29.1 Å². The number of hydrogen-bond acceptors (Lipinski definition) is 9. The Morgan fingerprint density at radius 3 is 2.22 bits per heavy atom. The van der Waals surface area contributed by atoms with Crippen LogP contribution in [0, 0.1) is 11.8 Å². The molecule has 2 fully saturated rings. The minimum atomic E-state index is -1.32. The Kier molecular flexibility index (Phi) is 5.43. The lowest BCUT2D eigenvalue weighted by Gasteiger charge is -2.47. The number of nitrogen functional groups attached to an aromatic ring is 1. The van der Waals surface area contributed by atoms with Crippen LogP contribution in [-0.4, -0.2) is 58.9 Å². The molecule has 2 aliphatic carbocycles. The molecule has 0 bridgehead atoms. The summed E-state index contributed by atoms with van der Waals surface area (Å²) in [5.41, 5.74) is 15.0. The third kappa shape index (κ3) is 3.61. The second kappa shape index (κ2) is 7.83. The van der Waals surface area contributed by atoms with Crippen LogP contribution in [0.1, 0.15) is 38.5 Å². The number of aromatic amines is 1. The van der Waals surface area contributed by atoms with E-state index >= 15 is 0 Å². The lowest BCUT2D eigenvalue weighted by Crippen LogP contribution is -2.63. The number of anilines is 1. The van der Waals surface area contributed by atoms with Gasteiger partial charge in [-0.05, 0) is 50.4 Å². The number of nitrogens with two attached hydrogens (primary N) is 3. The molecule has 32 heavy (non-hydrogen) atoms. The third-order valence-corrected chi connectivity index (χ3v) is 7.10. The second-order valence-corrected chi connectivity index (χ2v) is 8.89. The van der Waals surface area contributed by atoms with Gasteiger partial charge >= 0.3 is 11.9 Å². The molecule has 4 atom stereocenters. The molecule has 4 unspecified atom stereocenters. The highest BCUT2D eigenvalue weighted by Gasteiger charge is 2.53. The van der Waals surface area contributed by atoms with Gasteiger partial charge in [-0.1, -0.05) is 0 Å². The van der Waals surface area contributed by atoms with Crippen molar-refractivity contribution in [3.8, 4) is 0 Å². The summed E-state index contributed by atoms with van der Waals surface area (Å²) < 4.78 is 7.58. The quantitative estimate of drug-likeness (QED) is 0.278. The zero-order chi connectivity index (χ0) is 23.3. The first-order valence-corrected chi connectivity index (χ1v) is 10.4. The van der Waals surface area contributed by atoms with Gasteiger partial charge in [-0.15, -0.1) is 0 Å². The number of hydrogen-bond donors (Lipinski definition) is 6. The number of nitrogens with zero attached hydrogens (tertiary/aromatic N) is 3. The molecule has 2 aromatic heterocycles. The highest BCUT2D eigenvalue weighted by molar-refractivity contribution is 5.80. The number of rotatable bonds is 9. The van der Waals surface area contributed by atoms with Gasteiger partial charge in [0.15, 0.2) is 11.2 Å². The van der Waals surface area contributed by atoms with E-state index in [4.69, 9.17) is 21.9 Å². The van der Waals surface area contributed by atoms with Gasteiger partial charge in [-0.25, -0.2) is 4.98 Å². The summed E-state index contributed by atoms with van der Waals surface area (Å²) in [5, 5.41) is 19.0. The van der Waals surface area contributed by atoms with Gasteiger partial charge in [0.1, 0.15) is 17.8 Å². The molecule has 9 N–H and O–H groups in total. The number of ether oxygens (including phenoxy) is 1. The Morgan fingerprint density at radius 2 is 1.75 bits per heavy atom. The number of carbonyl (C=O) groups is 2. The van der Waals surface area contributed by atoms with Crippen LogP contribution < -0.4 is 22.8 Å². The molecular formula is C19H27N7O6. The van der Waals surface area contributed by atoms with Gasteiger partial charge in [-0.3, -0.25) is 23.9 Å². The fourth-order valence-electron chi connectivity index (χ4n) is 4.66. The third-order valence-electron chi connectivity index (χ3n) is 7.10. The van der Waals surface area contributed by atoms with Crippen LogP contribution in [-0.2, 0) is 21.1 Å². The van der Waals surface area contributed by atoms with E-state index in [-0.39, 0.29) is 35.7 Å². The maximum atomic E-state index is 12.0. The molecule has 2 heterocycles. The van der Waals surface area contributed by atoms with E-state index in [2.05, 4.69) is 15.0 Å². The zero-order valence-electron chi connectivity index (χ0n) is 17.4. The fourth-order valence-corrected chi connectivity index (χ4v) is 4.66. The molecule has 0 saturated heterocycles. The van der Waals surface area contributed by atoms with E-state index in [0.717, 1.165) is 0 Å². The molecule has 0 spiro atoms. The maximum absolute atomic E-state index is 12.0. The summed E-state index contributed by atoms with van der Waals surface area (Å²) in [6.07, 6.45) is 3.62. The topological polar surface area (TPSA) is 225 Å². The number of carboxylic acids is 2. The Morgan fingerprint density at radius 1 is 1.19 bits per heavy atom. The molecule has 2 aromatic rings. The van der Waals surface area contributed by atoms with E-state index < -0.39 is 34.7 Å². The number of H-pyrrole nitrogens is 1. The molecule has 13 heteroatoms. The summed E-state index contributed by atoms with van der Waals surface area (Å²) in [7, 11) is 0. The molecule has 0 radical (unpaired) electrons. The van der Waals surface area contributed by atoms with Crippen LogP contribution in [0.15, 0.2) is 11.1 Å². The first kappa shape index (κ1) is 22.2. The average Bonchev–Trinajstić information content (AvgIpc) is 3.12. The van der Waals surface area contributed by atoms with Crippen molar-refractivity contribution in [3.63, 3.8) is 0 Å². The van der Waals surface area contributed by atoms with Crippen molar-refractivity contribution in [1.29, 1.82) is 0 Å². The summed E-state index contributed by atoms with van der Waals surface area (Å²) >= 11 is 0. The van der Waals surface area contributed by atoms with Gasteiger partial charge in [0.05, 0.1) is 12.4 Å². The minimum absolute atomic E-state index is 0.0359. The molecular weight excluding hydrogens is 422 g/mol. The maximum Gasteiger partial charge on any atom is 0.323 e. The number of nitrogens with one attached hydrogen (secondary N) is 1. The van der Waals surface area contributed by atoms with Gasteiger partial charge in [0, 0.05) is 0 Å². The Labute approximate surface area is 181 Å². The van der Waals surface area contributed by atoms with Gasteiger partial charge < -0.3 is 32.2 Å². The molecule has 13 nitrogen and oxygen atoms in total. The smallest absolute Gasteiger partial charge is 0.323 e. The first-order chi connectivity index (χ1) is 15.0. The van der Waals surface area contributed by atoms with Crippen LogP contribution in [0.3, 0.4) is 0 Å². The Hall–Kier alpha value is -3.03. The average molecular weight is 449 g/mol. The van der Waals surface area contributed by atoms with Crippen LogP contribution in [0.25, 0.3) is 11.2 Å². The largest absolute Gasteiger partial charge is 0.480 e. The number of imidazole rings is 1. The molecule has 0 aromatic carbocycles. The molecule has 174 valence electrons. The monoisotopic (exact) mass is 449 g/mol. The van der Waals surface area contributed by atoms with Gasteiger partial charge in [0.2, 0.25) is 5.95 Å². The number of carboxylic acid groups (broad SMARTS) is 2. The van der Waals surface area contributed by atoms with Crippen LogP contribution >= 0.6 is 0 Å². The van der Waals surface area contributed by atoms with Crippen molar-refractivity contribution in [2.24, 2.45) is 23.3 Å². The van der Waals surface area contributed by atoms with Crippen molar-refractivity contribution in [3.05, 3.63) is 16.7 Å². The summed E-state index contributed by atoms with van der Waals surface area (Å²) in [6, 6.07) is 0. The molecule has 0 aliphatic heterocycles. The van der Waals surface area contributed by atoms with Crippen molar-refractivity contribution < 1.29 is 24.5 Å². The number of fused-ring (bicyclic) bond motifs is 1. The summed E-state index contributed by atoms with van der Waals surface area (Å²) in [5.74, 6) is -2.80. The molecule has 2 aliphatic rings. The highest BCUT2D eigenvalue weighted by atomic mass is 16.5. The van der Waals surface area contributed by atoms with Crippen LogP contribution in [0.4, 0.5) is 5.95 Å². The lowest BCUT2D eigenvalue weighted by atomic mass is 9.62. The number of aliphatic carboxylic acids is 2. The predicted molar refractivity (Wildman–Crippen MR) is 111 cm³/mol. The minimum Gasteiger partial charge on any atom is -0.480 e. The van der Waals surface area contributed by atoms with E-state index in [0.29, 0.717) is 38.5 Å². The van der Waals surface area contributed by atoms with Crippen LogP contribution in [0.2, 0.25) is 0 Å². The molecule has 0 amide bonds. The molecule has 4 rings (SSSR count). The summed E-state index contributed by atoms with van der Waals surface area (Å²) in [6.45, 7) is -0.0359. The van der Waals surface area contributed by atoms with Gasteiger partial charge in [-0.2, -0.15) is 4.98 Å². The predicted octanol–water partition coefficient (Wildman–Crippen LogP) is -0.791. The highest BCUT2D eigenvalue weighted by Crippen LogP contribution is 2.44. The Bertz CT molecular complexity index is 1080. The second-order valence-electron chi connectivity index (χ2n) is 8.89. The van der Waals surface area contributed by atoms with Crippen molar-refractivity contribution in [2.45, 2.75) is 62.4 Å². The summed E-state index contributed by atoms with van der Waals surface area (Å²) in [4.78, 5) is 45.7. The van der Waals surface area contributed by atoms with E-state index in [1.807, 2.05) is 0 Å². The first-order valence-electron chi connectivity index (χ1n) is 10.4. The zero-order valence-corrected chi connectivity index (χ0v) is 17.4. The number of aromatic nitrogens is 4. The van der Waals surface area contributed by atoms with E-state index in [1.54, 1.807) is 0 Å². The lowest BCUT2D eigenvalue weighted by molar-refractivity contribution is -0.154.